The fraction of sp³-hybridized carbons (Fsp3) is 0.211. The van der Waals surface area contributed by atoms with Gasteiger partial charge in [0, 0.05) is 18.8 Å². The van der Waals surface area contributed by atoms with E-state index in [1.165, 1.54) is 30.7 Å². The van der Waals surface area contributed by atoms with Crippen LogP contribution in [0.5, 0.6) is 5.75 Å². The molecule has 1 aliphatic heterocycles. The standard InChI is InChI=1S/C19H18FNO2/c20-18-11-15(12-19(23)17(18)13-22)4-3-14-5-7-16(8-6-14)21-9-1-2-10-21/h3-8,11-13,23H,1-2,9-10H2/b4-3+. The van der Waals surface area contributed by atoms with Crippen molar-refractivity contribution in [3.8, 4) is 5.75 Å². The van der Waals surface area contributed by atoms with Crippen molar-refractivity contribution in [3.63, 3.8) is 0 Å². The number of halogens is 1. The van der Waals surface area contributed by atoms with Gasteiger partial charge in [0.05, 0.1) is 5.56 Å². The quantitative estimate of drug-likeness (QED) is 0.682. The molecule has 1 heterocycles. The van der Waals surface area contributed by atoms with E-state index in [4.69, 9.17) is 0 Å². The van der Waals surface area contributed by atoms with Gasteiger partial charge < -0.3 is 10.0 Å². The number of hydrogen-bond donors (Lipinski definition) is 1. The third kappa shape index (κ3) is 3.42. The Hall–Kier alpha value is -2.62. The topological polar surface area (TPSA) is 40.5 Å². The Morgan fingerprint density at radius 1 is 1.00 bits per heavy atom. The van der Waals surface area contributed by atoms with E-state index in [1.54, 1.807) is 6.08 Å². The van der Waals surface area contributed by atoms with Crippen molar-refractivity contribution in [1.29, 1.82) is 0 Å². The first-order valence-electron chi connectivity index (χ1n) is 7.68. The van der Waals surface area contributed by atoms with Crippen molar-refractivity contribution in [1.82, 2.24) is 0 Å². The average Bonchev–Trinajstić information content (AvgIpc) is 3.08. The lowest BCUT2D eigenvalue weighted by atomic mass is 10.1. The van der Waals surface area contributed by atoms with Gasteiger partial charge in [-0.25, -0.2) is 4.39 Å². The lowest BCUT2D eigenvalue weighted by Crippen LogP contribution is -2.17. The molecule has 0 amide bonds. The molecule has 0 atom stereocenters. The number of phenols is 1. The van der Waals surface area contributed by atoms with E-state index >= 15 is 0 Å². The Labute approximate surface area is 134 Å². The second-order valence-electron chi connectivity index (χ2n) is 5.67. The Bertz CT molecular complexity index is 709. The third-order valence-electron chi connectivity index (χ3n) is 4.08. The molecule has 0 unspecified atom stereocenters. The average molecular weight is 311 g/mol. The fourth-order valence-electron chi connectivity index (χ4n) is 2.80. The molecule has 0 aliphatic carbocycles. The van der Waals surface area contributed by atoms with Gasteiger partial charge in [0.15, 0.2) is 6.29 Å². The molecular weight excluding hydrogens is 293 g/mol. The molecule has 118 valence electrons. The number of benzene rings is 2. The summed E-state index contributed by atoms with van der Waals surface area (Å²) < 4.78 is 13.6. The van der Waals surface area contributed by atoms with Crippen molar-refractivity contribution in [3.05, 3.63) is 58.9 Å². The monoisotopic (exact) mass is 311 g/mol. The highest BCUT2D eigenvalue weighted by Crippen LogP contribution is 2.23. The zero-order chi connectivity index (χ0) is 16.2. The van der Waals surface area contributed by atoms with Gasteiger partial charge in [-0.15, -0.1) is 0 Å². The van der Waals surface area contributed by atoms with Crippen molar-refractivity contribution in [2.45, 2.75) is 12.8 Å². The molecule has 1 fully saturated rings. The van der Waals surface area contributed by atoms with Crippen molar-refractivity contribution in [2.24, 2.45) is 0 Å². The predicted molar refractivity (Wildman–Crippen MR) is 90.3 cm³/mol. The molecule has 23 heavy (non-hydrogen) atoms. The van der Waals surface area contributed by atoms with Crippen LogP contribution >= 0.6 is 0 Å². The summed E-state index contributed by atoms with van der Waals surface area (Å²) in [7, 11) is 0. The van der Waals surface area contributed by atoms with Gasteiger partial charge in [-0.3, -0.25) is 4.79 Å². The number of carbonyl (C=O) groups is 1. The molecule has 2 aromatic carbocycles. The molecule has 3 rings (SSSR count). The second kappa shape index (κ2) is 6.65. The third-order valence-corrected chi connectivity index (χ3v) is 4.08. The minimum absolute atomic E-state index is 0.308. The Morgan fingerprint density at radius 3 is 2.26 bits per heavy atom. The van der Waals surface area contributed by atoms with Crippen LogP contribution in [-0.4, -0.2) is 24.5 Å². The number of rotatable bonds is 4. The first-order valence-corrected chi connectivity index (χ1v) is 7.68. The van der Waals surface area contributed by atoms with Crippen molar-refractivity contribution in [2.75, 3.05) is 18.0 Å². The maximum absolute atomic E-state index is 13.6. The van der Waals surface area contributed by atoms with Crippen LogP contribution in [0, 0.1) is 5.82 Å². The van der Waals surface area contributed by atoms with Crippen molar-refractivity contribution >= 4 is 24.1 Å². The molecule has 4 heteroatoms. The lowest BCUT2D eigenvalue weighted by Gasteiger charge is -2.17. The molecule has 1 N–H and O–H groups in total. The highest BCUT2D eigenvalue weighted by Gasteiger charge is 2.11. The molecule has 0 radical (unpaired) electrons. The van der Waals surface area contributed by atoms with E-state index in [-0.39, 0.29) is 11.3 Å². The minimum atomic E-state index is -0.718. The smallest absolute Gasteiger partial charge is 0.156 e. The first kappa shape index (κ1) is 15.3. The fourth-order valence-corrected chi connectivity index (χ4v) is 2.80. The molecule has 0 spiro atoms. The van der Waals surface area contributed by atoms with E-state index in [2.05, 4.69) is 17.0 Å². The van der Waals surface area contributed by atoms with E-state index in [0.29, 0.717) is 11.8 Å². The maximum Gasteiger partial charge on any atom is 0.156 e. The summed E-state index contributed by atoms with van der Waals surface area (Å²) in [5, 5.41) is 9.62. The van der Waals surface area contributed by atoms with Crippen LogP contribution in [0.1, 0.15) is 34.3 Å². The summed E-state index contributed by atoms with van der Waals surface area (Å²) in [5.41, 5.74) is 2.41. The van der Waals surface area contributed by atoms with Crippen LogP contribution in [0.2, 0.25) is 0 Å². The number of phenolic OH excluding ortho intramolecular Hbond substituents is 1. The molecule has 0 aromatic heterocycles. The normalized spacial score (nSPS) is 14.6. The summed E-state index contributed by atoms with van der Waals surface area (Å²) in [6, 6.07) is 10.8. The lowest BCUT2D eigenvalue weighted by molar-refractivity contribution is 0.111. The molecule has 3 nitrogen and oxygen atoms in total. The van der Waals surface area contributed by atoms with Gasteiger partial charge in [-0.1, -0.05) is 24.3 Å². The van der Waals surface area contributed by atoms with Gasteiger partial charge in [0.2, 0.25) is 0 Å². The Morgan fingerprint density at radius 2 is 1.65 bits per heavy atom. The molecular formula is C19H18FNO2. The van der Waals surface area contributed by atoms with E-state index in [1.807, 2.05) is 18.2 Å². The molecule has 1 saturated heterocycles. The predicted octanol–water partition coefficient (Wildman–Crippen LogP) is 4.11. The van der Waals surface area contributed by atoms with Crippen LogP contribution in [0.15, 0.2) is 36.4 Å². The SMILES string of the molecule is O=Cc1c(O)cc(/C=C/c2ccc(N3CCCC3)cc2)cc1F. The summed E-state index contributed by atoms with van der Waals surface area (Å²) in [6.07, 6.45) is 6.36. The zero-order valence-corrected chi connectivity index (χ0v) is 12.7. The molecule has 1 aliphatic rings. The minimum Gasteiger partial charge on any atom is -0.507 e. The highest BCUT2D eigenvalue weighted by atomic mass is 19.1. The Balaban J connectivity index is 1.76. The molecule has 0 bridgehead atoms. The van der Waals surface area contributed by atoms with Gasteiger partial charge in [0.1, 0.15) is 11.6 Å². The van der Waals surface area contributed by atoms with Crippen LogP contribution in [-0.2, 0) is 0 Å². The summed E-state index contributed by atoms with van der Waals surface area (Å²) in [4.78, 5) is 13.0. The van der Waals surface area contributed by atoms with Crippen molar-refractivity contribution < 1.29 is 14.3 Å². The van der Waals surface area contributed by atoms with Crippen LogP contribution in [0.4, 0.5) is 10.1 Å². The number of anilines is 1. The zero-order valence-electron chi connectivity index (χ0n) is 12.7. The largest absolute Gasteiger partial charge is 0.507 e. The first-order chi connectivity index (χ1) is 11.2. The van der Waals surface area contributed by atoms with Gasteiger partial charge >= 0.3 is 0 Å². The number of carbonyl (C=O) groups excluding carboxylic acids is 1. The van der Waals surface area contributed by atoms with Crippen LogP contribution in [0.3, 0.4) is 0 Å². The van der Waals surface area contributed by atoms with E-state index < -0.39 is 5.82 Å². The van der Waals surface area contributed by atoms with E-state index in [0.717, 1.165) is 18.7 Å². The number of aldehydes is 1. The summed E-state index contributed by atoms with van der Waals surface area (Å²) >= 11 is 0. The van der Waals surface area contributed by atoms with Crippen LogP contribution < -0.4 is 4.90 Å². The highest BCUT2D eigenvalue weighted by molar-refractivity contribution is 5.81. The molecule has 2 aromatic rings. The Kier molecular flexibility index (Phi) is 4.42. The number of aromatic hydroxyl groups is 1. The number of nitrogens with zero attached hydrogens (tertiary/aromatic N) is 1. The molecule has 0 saturated carbocycles. The van der Waals surface area contributed by atoms with E-state index in [9.17, 15) is 14.3 Å². The van der Waals surface area contributed by atoms with Crippen LogP contribution in [0.25, 0.3) is 12.2 Å². The number of hydrogen-bond acceptors (Lipinski definition) is 3. The second-order valence-corrected chi connectivity index (χ2v) is 5.67. The van der Waals surface area contributed by atoms with Gasteiger partial charge in [-0.2, -0.15) is 0 Å². The summed E-state index contributed by atoms with van der Waals surface area (Å²) in [5.74, 6) is -1.06. The van der Waals surface area contributed by atoms with Gasteiger partial charge in [-0.05, 0) is 48.2 Å². The van der Waals surface area contributed by atoms with Gasteiger partial charge in [0.25, 0.3) is 0 Å². The maximum atomic E-state index is 13.6. The summed E-state index contributed by atoms with van der Waals surface area (Å²) in [6.45, 7) is 2.22.